The summed E-state index contributed by atoms with van der Waals surface area (Å²) in [7, 11) is 1.46. The van der Waals surface area contributed by atoms with Crippen LogP contribution in [0.4, 0.5) is 14.5 Å². The molecular weight excluding hydrogens is 258 g/mol. The molecular formula is C12H16F2N2O3. The number of aliphatic hydroxyl groups excluding tert-OH is 1. The number of amides is 1. The normalized spacial score (nSPS) is 10.5. The van der Waals surface area contributed by atoms with E-state index in [1.54, 1.807) is 0 Å². The minimum Gasteiger partial charge on any atom is -0.396 e. The van der Waals surface area contributed by atoms with E-state index in [0.29, 0.717) is 6.07 Å². The van der Waals surface area contributed by atoms with Gasteiger partial charge in [0.1, 0.15) is 11.6 Å². The summed E-state index contributed by atoms with van der Waals surface area (Å²) >= 11 is 0. The number of nitrogen functional groups attached to an aromatic ring is 1. The summed E-state index contributed by atoms with van der Waals surface area (Å²) in [4.78, 5) is 13.3. The van der Waals surface area contributed by atoms with Crippen LogP contribution in [0.15, 0.2) is 12.1 Å². The number of nitrogens with zero attached hydrogens (tertiary/aromatic N) is 1. The van der Waals surface area contributed by atoms with Gasteiger partial charge >= 0.3 is 0 Å². The van der Waals surface area contributed by atoms with Crippen molar-refractivity contribution >= 4 is 11.6 Å². The standard InChI is InChI=1S/C12H16F2N2O3/c1-19-5-3-16(2-4-17)12(18)8-6-11(15)10(14)7-9(8)13/h6-7,17H,2-5,15H2,1H3. The van der Waals surface area contributed by atoms with Crippen LogP contribution in [0.2, 0.25) is 0 Å². The number of aliphatic hydroxyl groups is 1. The number of rotatable bonds is 6. The molecule has 106 valence electrons. The first-order valence-electron chi connectivity index (χ1n) is 5.64. The van der Waals surface area contributed by atoms with Crippen molar-refractivity contribution in [3.8, 4) is 0 Å². The van der Waals surface area contributed by atoms with E-state index in [1.165, 1.54) is 12.0 Å². The Bertz CT molecular complexity index is 455. The van der Waals surface area contributed by atoms with Crippen molar-refractivity contribution in [2.75, 3.05) is 39.1 Å². The number of hydrogen-bond donors (Lipinski definition) is 2. The van der Waals surface area contributed by atoms with Gasteiger partial charge in [0.2, 0.25) is 0 Å². The Morgan fingerprint density at radius 3 is 2.63 bits per heavy atom. The number of hydrogen-bond acceptors (Lipinski definition) is 4. The summed E-state index contributed by atoms with van der Waals surface area (Å²) in [6.45, 7) is 0.184. The molecule has 0 fully saturated rings. The van der Waals surface area contributed by atoms with Crippen molar-refractivity contribution in [2.45, 2.75) is 0 Å². The van der Waals surface area contributed by atoms with Gasteiger partial charge in [0.25, 0.3) is 5.91 Å². The Morgan fingerprint density at radius 2 is 2.05 bits per heavy atom. The third-order valence-corrected chi connectivity index (χ3v) is 2.54. The summed E-state index contributed by atoms with van der Waals surface area (Å²) < 4.78 is 31.4. The number of nitrogens with two attached hydrogens (primary N) is 1. The molecule has 0 saturated heterocycles. The molecule has 1 aromatic rings. The summed E-state index contributed by atoms with van der Waals surface area (Å²) in [5.41, 5.74) is 4.68. The quantitative estimate of drug-likeness (QED) is 0.746. The van der Waals surface area contributed by atoms with E-state index in [4.69, 9.17) is 15.6 Å². The fraction of sp³-hybridized carbons (Fsp3) is 0.417. The number of benzene rings is 1. The first-order chi connectivity index (χ1) is 9.01. The van der Waals surface area contributed by atoms with E-state index in [9.17, 15) is 13.6 Å². The van der Waals surface area contributed by atoms with Crippen molar-refractivity contribution in [1.82, 2.24) is 4.90 Å². The zero-order valence-electron chi connectivity index (χ0n) is 10.5. The van der Waals surface area contributed by atoms with Crippen molar-refractivity contribution < 1.29 is 23.4 Å². The third-order valence-electron chi connectivity index (χ3n) is 2.54. The number of methoxy groups -OCH3 is 1. The molecule has 0 aliphatic heterocycles. The predicted molar refractivity (Wildman–Crippen MR) is 65.6 cm³/mol. The van der Waals surface area contributed by atoms with Crippen molar-refractivity contribution in [2.24, 2.45) is 0 Å². The molecule has 0 heterocycles. The maximum absolute atomic E-state index is 13.6. The smallest absolute Gasteiger partial charge is 0.257 e. The van der Waals surface area contributed by atoms with E-state index >= 15 is 0 Å². The van der Waals surface area contributed by atoms with Crippen molar-refractivity contribution in [3.63, 3.8) is 0 Å². The molecule has 0 aromatic heterocycles. The highest BCUT2D eigenvalue weighted by Gasteiger charge is 2.20. The Kier molecular flexibility index (Phi) is 5.65. The third kappa shape index (κ3) is 3.87. The largest absolute Gasteiger partial charge is 0.396 e. The average molecular weight is 274 g/mol. The second kappa shape index (κ2) is 7.01. The first kappa shape index (κ1) is 15.3. The fourth-order valence-electron chi connectivity index (χ4n) is 1.54. The number of ether oxygens (including phenoxy) is 1. The van der Waals surface area contributed by atoms with Crippen LogP contribution in [-0.4, -0.2) is 49.3 Å². The van der Waals surface area contributed by atoms with Gasteiger partial charge in [0.05, 0.1) is 24.5 Å². The molecule has 0 bridgehead atoms. The number of halogens is 2. The fourth-order valence-corrected chi connectivity index (χ4v) is 1.54. The molecule has 7 heteroatoms. The highest BCUT2D eigenvalue weighted by molar-refractivity contribution is 5.95. The Hall–Kier alpha value is -1.73. The Morgan fingerprint density at radius 1 is 1.37 bits per heavy atom. The second-order valence-corrected chi connectivity index (χ2v) is 3.86. The summed E-state index contributed by atoms with van der Waals surface area (Å²) in [6.07, 6.45) is 0. The molecule has 0 atom stereocenters. The maximum atomic E-state index is 13.6. The lowest BCUT2D eigenvalue weighted by Gasteiger charge is -2.21. The maximum Gasteiger partial charge on any atom is 0.257 e. The Labute approximate surface area is 109 Å². The van der Waals surface area contributed by atoms with E-state index in [2.05, 4.69) is 0 Å². The second-order valence-electron chi connectivity index (χ2n) is 3.86. The minimum absolute atomic E-state index is 0.0267. The number of carbonyl (C=O) groups is 1. The van der Waals surface area contributed by atoms with Gasteiger partial charge in [-0.1, -0.05) is 0 Å². The first-order valence-corrected chi connectivity index (χ1v) is 5.64. The molecule has 0 saturated carbocycles. The highest BCUT2D eigenvalue weighted by atomic mass is 19.1. The van der Waals surface area contributed by atoms with Crippen LogP contribution in [0.25, 0.3) is 0 Å². The SMILES string of the molecule is COCCN(CCO)C(=O)c1cc(N)c(F)cc1F. The van der Waals surface area contributed by atoms with E-state index in [1.807, 2.05) is 0 Å². The molecule has 0 spiro atoms. The molecule has 19 heavy (non-hydrogen) atoms. The molecule has 0 radical (unpaired) electrons. The molecule has 0 aliphatic rings. The van der Waals surface area contributed by atoms with Gasteiger partial charge in [-0.05, 0) is 6.07 Å². The number of anilines is 1. The van der Waals surface area contributed by atoms with E-state index in [0.717, 1.165) is 6.07 Å². The van der Waals surface area contributed by atoms with Crippen LogP contribution >= 0.6 is 0 Å². The zero-order chi connectivity index (χ0) is 14.4. The highest BCUT2D eigenvalue weighted by Crippen LogP contribution is 2.18. The predicted octanol–water partition coefficient (Wildman–Crippen LogP) is 0.628. The van der Waals surface area contributed by atoms with Gasteiger partial charge < -0.3 is 20.5 Å². The van der Waals surface area contributed by atoms with Crippen molar-refractivity contribution in [1.29, 1.82) is 0 Å². The van der Waals surface area contributed by atoms with Crippen LogP contribution in [0.3, 0.4) is 0 Å². The molecule has 5 nitrogen and oxygen atoms in total. The van der Waals surface area contributed by atoms with Gasteiger partial charge in [-0.2, -0.15) is 0 Å². The molecule has 3 N–H and O–H groups in total. The van der Waals surface area contributed by atoms with Crippen LogP contribution in [0.1, 0.15) is 10.4 Å². The van der Waals surface area contributed by atoms with Crippen LogP contribution in [0, 0.1) is 11.6 Å². The average Bonchev–Trinajstić information content (AvgIpc) is 2.38. The summed E-state index contributed by atoms with van der Waals surface area (Å²) in [5, 5.41) is 8.89. The molecule has 1 rings (SSSR count). The van der Waals surface area contributed by atoms with Gasteiger partial charge in [0, 0.05) is 26.3 Å². The molecule has 1 aromatic carbocycles. The summed E-state index contributed by atoms with van der Waals surface area (Å²) in [6, 6.07) is 1.51. The van der Waals surface area contributed by atoms with Crippen molar-refractivity contribution in [3.05, 3.63) is 29.3 Å². The van der Waals surface area contributed by atoms with Crippen LogP contribution in [-0.2, 0) is 4.74 Å². The van der Waals surface area contributed by atoms with E-state index < -0.39 is 17.5 Å². The lowest BCUT2D eigenvalue weighted by Crippen LogP contribution is -2.36. The monoisotopic (exact) mass is 274 g/mol. The van der Waals surface area contributed by atoms with Crippen LogP contribution < -0.4 is 5.73 Å². The van der Waals surface area contributed by atoms with Crippen LogP contribution in [0.5, 0.6) is 0 Å². The minimum atomic E-state index is -0.989. The number of carbonyl (C=O) groups excluding carboxylic acids is 1. The van der Waals surface area contributed by atoms with Gasteiger partial charge in [-0.3, -0.25) is 4.79 Å². The topological polar surface area (TPSA) is 75.8 Å². The van der Waals surface area contributed by atoms with Gasteiger partial charge in [-0.15, -0.1) is 0 Å². The lowest BCUT2D eigenvalue weighted by molar-refractivity contribution is 0.0652. The summed E-state index contributed by atoms with van der Waals surface area (Å²) in [5.74, 6) is -2.58. The van der Waals surface area contributed by atoms with E-state index in [-0.39, 0.29) is 37.6 Å². The zero-order valence-corrected chi connectivity index (χ0v) is 10.5. The molecule has 0 unspecified atom stereocenters. The lowest BCUT2D eigenvalue weighted by atomic mass is 10.1. The Balaban J connectivity index is 2.98. The molecule has 0 aliphatic carbocycles. The van der Waals surface area contributed by atoms with Gasteiger partial charge in [0.15, 0.2) is 0 Å². The molecule has 1 amide bonds. The van der Waals surface area contributed by atoms with Gasteiger partial charge in [-0.25, -0.2) is 8.78 Å².